The fourth-order valence-corrected chi connectivity index (χ4v) is 5.54. The van der Waals surface area contributed by atoms with Crippen LogP contribution in [0.25, 0.3) is 0 Å². The van der Waals surface area contributed by atoms with Crippen molar-refractivity contribution in [1.82, 2.24) is 5.32 Å². The van der Waals surface area contributed by atoms with Crippen LogP contribution in [-0.4, -0.2) is 24.7 Å². The number of benzene rings is 3. The summed E-state index contributed by atoms with van der Waals surface area (Å²) in [6.45, 7) is 0.635. The number of phenols is 1. The normalized spacial score (nSPS) is 15.9. The van der Waals surface area contributed by atoms with Crippen molar-refractivity contribution in [3.8, 4) is 11.5 Å². The average Bonchev–Trinajstić information content (AvgIpc) is 2.89. The molecule has 1 atom stereocenters. The van der Waals surface area contributed by atoms with Gasteiger partial charge in [-0.15, -0.1) is 0 Å². The number of halogens is 1. The Labute approximate surface area is 210 Å². The topological polar surface area (TPSA) is 58.6 Å². The van der Waals surface area contributed by atoms with Crippen LogP contribution in [0.2, 0.25) is 0 Å². The molecular weight excluding hydrogens is 490 g/mol. The van der Waals surface area contributed by atoms with E-state index in [1.54, 1.807) is 19.2 Å². The molecular formula is C29H32BrNO3. The van der Waals surface area contributed by atoms with Gasteiger partial charge in [-0.25, -0.2) is 0 Å². The van der Waals surface area contributed by atoms with Gasteiger partial charge in [-0.1, -0.05) is 77.7 Å². The summed E-state index contributed by atoms with van der Waals surface area (Å²) in [6.07, 6.45) is 6.05. The van der Waals surface area contributed by atoms with E-state index < -0.39 is 0 Å². The second kappa shape index (κ2) is 11.1. The van der Waals surface area contributed by atoms with Gasteiger partial charge >= 0.3 is 0 Å². The van der Waals surface area contributed by atoms with Gasteiger partial charge in [0, 0.05) is 34.3 Å². The minimum atomic E-state index is -0.276. The van der Waals surface area contributed by atoms with Crippen molar-refractivity contribution in [3.63, 3.8) is 0 Å². The summed E-state index contributed by atoms with van der Waals surface area (Å²) in [7, 11) is 1.63. The van der Waals surface area contributed by atoms with Gasteiger partial charge in [-0.3, -0.25) is 4.79 Å². The van der Waals surface area contributed by atoms with Crippen molar-refractivity contribution in [3.05, 3.63) is 94.0 Å². The standard InChI is InChI=1S/C29H32BrNO3/c1-34-24-13-10-21(11-14-24)25(26-18-23(30)12-15-27(26)32)19-28(33)31-20-29(16-6-3-7-17-29)22-8-4-2-5-9-22/h2,4-5,8-15,18,25,32H,3,6-7,16-17,19-20H2,1H3,(H,31,33). The highest BCUT2D eigenvalue weighted by Gasteiger charge is 2.34. The number of carbonyl (C=O) groups is 1. The van der Waals surface area contributed by atoms with Gasteiger partial charge in [-0.2, -0.15) is 0 Å². The second-order valence-electron chi connectivity index (χ2n) is 9.22. The van der Waals surface area contributed by atoms with Crippen molar-refractivity contribution in [2.75, 3.05) is 13.7 Å². The smallest absolute Gasteiger partial charge is 0.220 e. The van der Waals surface area contributed by atoms with Gasteiger partial charge in [0.2, 0.25) is 5.91 Å². The van der Waals surface area contributed by atoms with E-state index in [1.807, 2.05) is 36.4 Å². The number of amides is 1. The van der Waals surface area contributed by atoms with Gasteiger partial charge in [-0.05, 0) is 54.3 Å². The maximum atomic E-state index is 13.3. The monoisotopic (exact) mass is 521 g/mol. The average molecular weight is 522 g/mol. The predicted octanol–water partition coefficient (Wildman–Crippen LogP) is 6.70. The molecule has 3 aromatic carbocycles. The highest BCUT2D eigenvalue weighted by molar-refractivity contribution is 9.10. The van der Waals surface area contributed by atoms with E-state index in [-0.39, 0.29) is 29.4 Å². The van der Waals surface area contributed by atoms with E-state index in [2.05, 4.69) is 45.5 Å². The Morgan fingerprint density at radius 3 is 2.41 bits per heavy atom. The largest absolute Gasteiger partial charge is 0.508 e. The molecule has 1 aliphatic rings. The third-order valence-corrected chi connectivity index (χ3v) is 7.59. The molecule has 2 N–H and O–H groups in total. The van der Waals surface area contributed by atoms with E-state index in [0.717, 1.165) is 34.2 Å². The minimum Gasteiger partial charge on any atom is -0.508 e. The van der Waals surface area contributed by atoms with E-state index >= 15 is 0 Å². The van der Waals surface area contributed by atoms with Crippen LogP contribution in [0.15, 0.2) is 77.3 Å². The number of hydrogen-bond acceptors (Lipinski definition) is 3. The zero-order valence-corrected chi connectivity index (χ0v) is 21.2. The molecule has 5 heteroatoms. The summed E-state index contributed by atoms with van der Waals surface area (Å²) < 4.78 is 6.17. The molecule has 0 radical (unpaired) electrons. The highest BCUT2D eigenvalue weighted by Crippen LogP contribution is 2.40. The second-order valence-corrected chi connectivity index (χ2v) is 10.1. The molecule has 0 aromatic heterocycles. The van der Waals surface area contributed by atoms with E-state index in [1.165, 1.54) is 24.8 Å². The maximum absolute atomic E-state index is 13.3. The third kappa shape index (κ3) is 5.64. The Morgan fingerprint density at radius 1 is 1.03 bits per heavy atom. The van der Waals surface area contributed by atoms with E-state index in [4.69, 9.17) is 4.74 Å². The highest BCUT2D eigenvalue weighted by atomic mass is 79.9. The molecule has 1 amide bonds. The van der Waals surface area contributed by atoms with Crippen molar-refractivity contribution >= 4 is 21.8 Å². The van der Waals surface area contributed by atoms with Crippen molar-refractivity contribution < 1.29 is 14.6 Å². The number of ether oxygens (including phenoxy) is 1. The lowest BCUT2D eigenvalue weighted by Crippen LogP contribution is -2.42. The van der Waals surface area contributed by atoms with Crippen LogP contribution in [0, 0.1) is 0 Å². The van der Waals surface area contributed by atoms with Crippen molar-refractivity contribution in [2.24, 2.45) is 0 Å². The lowest BCUT2D eigenvalue weighted by molar-refractivity contribution is -0.121. The molecule has 178 valence electrons. The van der Waals surface area contributed by atoms with Crippen LogP contribution in [0.4, 0.5) is 0 Å². The summed E-state index contributed by atoms with van der Waals surface area (Å²) in [5.74, 6) is 0.654. The molecule has 0 bridgehead atoms. The molecule has 1 fully saturated rings. The number of methoxy groups -OCH3 is 1. The first kappa shape index (κ1) is 24.3. The lowest BCUT2D eigenvalue weighted by Gasteiger charge is -2.38. The van der Waals surface area contributed by atoms with Crippen LogP contribution in [0.3, 0.4) is 0 Å². The van der Waals surface area contributed by atoms with Gasteiger partial charge in [0.25, 0.3) is 0 Å². The predicted molar refractivity (Wildman–Crippen MR) is 139 cm³/mol. The quantitative estimate of drug-likeness (QED) is 0.346. The SMILES string of the molecule is COc1ccc(C(CC(=O)NCC2(c3ccccc3)CCCCC2)c2cc(Br)ccc2O)cc1. The number of hydrogen-bond donors (Lipinski definition) is 2. The number of carbonyl (C=O) groups excluding carboxylic acids is 1. The lowest BCUT2D eigenvalue weighted by atomic mass is 9.69. The van der Waals surface area contributed by atoms with Gasteiger partial charge in [0.15, 0.2) is 0 Å². The summed E-state index contributed by atoms with van der Waals surface area (Å²) in [6, 6.07) is 23.7. The molecule has 1 aliphatic carbocycles. The maximum Gasteiger partial charge on any atom is 0.220 e. The Bertz CT molecular complexity index is 1090. The molecule has 1 unspecified atom stereocenters. The number of aromatic hydroxyl groups is 1. The first-order valence-electron chi connectivity index (χ1n) is 12.0. The fraction of sp³-hybridized carbons (Fsp3) is 0.345. The molecule has 3 aromatic rings. The summed E-state index contributed by atoms with van der Waals surface area (Å²) in [5.41, 5.74) is 2.99. The van der Waals surface area contributed by atoms with Gasteiger partial charge in [0.05, 0.1) is 7.11 Å². The fourth-order valence-electron chi connectivity index (χ4n) is 5.16. The zero-order chi connectivity index (χ0) is 24.0. The Hall–Kier alpha value is -2.79. The van der Waals surface area contributed by atoms with Crippen molar-refractivity contribution in [1.29, 1.82) is 0 Å². The van der Waals surface area contributed by atoms with Gasteiger partial charge in [0.1, 0.15) is 11.5 Å². The number of rotatable bonds is 8. The molecule has 4 rings (SSSR count). The molecule has 0 heterocycles. The summed E-state index contributed by atoms with van der Waals surface area (Å²) >= 11 is 3.51. The van der Waals surface area contributed by atoms with E-state index in [0.29, 0.717) is 6.54 Å². The van der Waals surface area contributed by atoms with Crippen LogP contribution < -0.4 is 10.1 Å². The Balaban J connectivity index is 1.56. The van der Waals surface area contributed by atoms with Gasteiger partial charge < -0.3 is 15.2 Å². The van der Waals surface area contributed by atoms with E-state index in [9.17, 15) is 9.90 Å². The molecule has 34 heavy (non-hydrogen) atoms. The zero-order valence-electron chi connectivity index (χ0n) is 19.6. The summed E-state index contributed by atoms with van der Waals surface area (Å²) in [5, 5.41) is 13.9. The number of nitrogens with one attached hydrogen (secondary N) is 1. The summed E-state index contributed by atoms with van der Waals surface area (Å²) in [4.78, 5) is 13.3. The van der Waals surface area contributed by atoms with Crippen LogP contribution in [0.1, 0.15) is 61.1 Å². The molecule has 0 saturated heterocycles. The van der Waals surface area contributed by atoms with Crippen LogP contribution in [0.5, 0.6) is 11.5 Å². The molecule has 0 aliphatic heterocycles. The van der Waals surface area contributed by atoms with Crippen molar-refractivity contribution in [2.45, 2.75) is 49.9 Å². The van der Waals surface area contributed by atoms with Crippen LogP contribution >= 0.6 is 15.9 Å². The molecule has 4 nitrogen and oxygen atoms in total. The number of phenolic OH excluding ortho intramolecular Hbond substituents is 1. The molecule has 1 saturated carbocycles. The first-order valence-corrected chi connectivity index (χ1v) is 12.7. The molecule has 0 spiro atoms. The minimum absolute atomic E-state index is 0.0112. The Morgan fingerprint density at radius 2 is 1.74 bits per heavy atom. The third-order valence-electron chi connectivity index (χ3n) is 7.09. The first-order chi connectivity index (χ1) is 16.5. The van der Waals surface area contributed by atoms with Crippen LogP contribution in [-0.2, 0) is 10.2 Å². The Kier molecular flexibility index (Phi) is 7.94.